The molecule has 0 amide bonds. The zero-order chi connectivity index (χ0) is 14.3. The maximum atomic E-state index is 12.3. The summed E-state index contributed by atoms with van der Waals surface area (Å²) in [5, 5.41) is 0.384. The lowest BCUT2D eigenvalue weighted by atomic mass is 10.0. The number of hydrogen-bond donors (Lipinski definition) is 2. The van der Waals surface area contributed by atoms with Crippen LogP contribution in [0.3, 0.4) is 0 Å². The molecule has 19 heavy (non-hydrogen) atoms. The highest BCUT2D eigenvalue weighted by atomic mass is 35.5. The number of halogens is 1. The van der Waals surface area contributed by atoms with Crippen molar-refractivity contribution >= 4 is 27.3 Å². The largest absolute Gasteiger partial charge is 0.397 e. The number of rotatable bonds is 3. The predicted molar refractivity (Wildman–Crippen MR) is 74.8 cm³/mol. The Hall–Kier alpha value is -0.820. The van der Waals surface area contributed by atoms with Gasteiger partial charge in [0, 0.05) is 6.61 Å². The lowest BCUT2D eigenvalue weighted by Gasteiger charge is -2.23. The Morgan fingerprint density at radius 3 is 2.68 bits per heavy atom. The van der Waals surface area contributed by atoms with Gasteiger partial charge >= 0.3 is 0 Å². The fourth-order valence-electron chi connectivity index (χ4n) is 2.05. The summed E-state index contributed by atoms with van der Waals surface area (Å²) in [6.45, 7) is 4.47. The van der Waals surface area contributed by atoms with Crippen molar-refractivity contribution in [3.05, 3.63) is 22.7 Å². The summed E-state index contributed by atoms with van der Waals surface area (Å²) in [5.41, 5.74) is 6.04. The van der Waals surface area contributed by atoms with Crippen LogP contribution in [0.4, 0.5) is 5.69 Å². The summed E-state index contributed by atoms with van der Waals surface area (Å²) in [6.07, 6.45) is 0.647. The Morgan fingerprint density at radius 2 is 2.16 bits per heavy atom. The quantitative estimate of drug-likeness (QED) is 0.833. The maximum absolute atomic E-state index is 12.3. The van der Waals surface area contributed by atoms with Crippen LogP contribution in [0.15, 0.2) is 17.0 Å². The summed E-state index contributed by atoms with van der Waals surface area (Å²) in [5.74, 6) is 0. The number of benzene rings is 1. The summed E-state index contributed by atoms with van der Waals surface area (Å²) in [6, 6.07) is 2.89. The van der Waals surface area contributed by atoms with E-state index in [1.807, 2.05) is 6.92 Å². The molecule has 106 valence electrons. The molecule has 1 aliphatic heterocycles. The van der Waals surface area contributed by atoms with Gasteiger partial charge in [-0.1, -0.05) is 11.6 Å². The number of aryl methyl sites for hydroxylation is 1. The number of sulfonamides is 1. The van der Waals surface area contributed by atoms with Gasteiger partial charge in [-0.25, -0.2) is 13.1 Å². The zero-order valence-electron chi connectivity index (χ0n) is 10.9. The van der Waals surface area contributed by atoms with E-state index in [2.05, 4.69) is 4.72 Å². The molecule has 2 rings (SSSR count). The Morgan fingerprint density at radius 1 is 1.47 bits per heavy atom. The van der Waals surface area contributed by atoms with Gasteiger partial charge in [-0.2, -0.15) is 0 Å². The number of nitrogens with two attached hydrogens (primary N) is 1. The van der Waals surface area contributed by atoms with Gasteiger partial charge in [0.2, 0.25) is 10.0 Å². The highest BCUT2D eigenvalue weighted by molar-refractivity contribution is 7.89. The standard InChI is InChI=1S/C12H17ClN2O3S/c1-8-5-9(6-10(14)11(8)13)19(16,17)15-12(2)3-4-18-7-12/h5-6,15H,3-4,7,14H2,1-2H3. The summed E-state index contributed by atoms with van der Waals surface area (Å²) in [4.78, 5) is 0.125. The Bertz CT molecular complexity index is 572. The molecule has 0 saturated carbocycles. The highest BCUT2D eigenvalue weighted by Crippen LogP contribution is 2.28. The van der Waals surface area contributed by atoms with Gasteiger partial charge in [0.15, 0.2) is 0 Å². The second kappa shape index (κ2) is 4.94. The molecule has 5 nitrogen and oxygen atoms in total. The van der Waals surface area contributed by atoms with Crippen LogP contribution in [-0.2, 0) is 14.8 Å². The van der Waals surface area contributed by atoms with Gasteiger partial charge in [0.1, 0.15) is 0 Å². The fourth-order valence-corrected chi connectivity index (χ4v) is 3.70. The van der Waals surface area contributed by atoms with Crippen LogP contribution in [0.5, 0.6) is 0 Å². The fraction of sp³-hybridized carbons (Fsp3) is 0.500. The number of hydrogen-bond acceptors (Lipinski definition) is 4. The molecule has 1 aromatic rings. The molecule has 1 aromatic carbocycles. The number of nitrogen functional groups attached to an aromatic ring is 1. The predicted octanol–water partition coefficient (Wildman–Crippen LogP) is 1.69. The average Bonchev–Trinajstić information content (AvgIpc) is 2.70. The first-order chi connectivity index (χ1) is 8.73. The first-order valence-electron chi connectivity index (χ1n) is 5.91. The first-order valence-corrected chi connectivity index (χ1v) is 7.77. The Labute approximate surface area is 118 Å². The van der Waals surface area contributed by atoms with Gasteiger partial charge in [-0.05, 0) is 38.0 Å². The molecule has 7 heteroatoms. The van der Waals surface area contributed by atoms with Crippen LogP contribution in [-0.4, -0.2) is 27.2 Å². The Kier molecular flexibility index (Phi) is 3.79. The molecule has 1 aliphatic rings. The topological polar surface area (TPSA) is 81.4 Å². The minimum absolute atomic E-state index is 0.125. The number of ether oxygens (including phenoxy) is 1. The van der Waals surface area contributed by atoms with Crippen molar-refractivity contribution in [1.29, 1.82) is 0 Å². The number of nitrogens with one attached hydrogen (secondary N) is 1. The molecule has 0 radical (unpaired) electrons. The summed E-state index contributed by atoms with van der Waals surface area (Å²) < 4.78 is 32.6. The number of anilines is 1. The molecule has 1 unspecified atom stereocenters. The van der Waals surface area contributed by atoms with Crippen LogP contribution in [0.1, 0.15) is 18.9 Å². The smallest absolute Gasteiger partial charge is 0.241 e. The van der Waals surface area contributed by atoms with E-state index >= 15 is 0 Å². The maximum Gasteiger partial charge on any atom is 0.241 e. The van der Waals surface area contributed by atoms with Crippen molar-refractivity contribution in [3.8, 4) is 0 Å². The van der Waals surface area contributed by atoms with E-state index in [0.717, 1.165) is 0 Å². The van der Waals surface area contributed by atoms with Gasteiger partial charge in [0.25, 0.3) is 0 Å². The van der Waals surface area contributed by atoms with Gasteiger partial charge in [0.05, 0.1) is 27.8 Å². The van der Waals surface area contributed by atoms with Crippen LogP contribution in [0.25, 0.3) is 0 Å². The lowest BCUT2D eigenvalue weighted by molar-refractivity contribution is 0.178. The molecule has 1 atom stereocenters. The van der Waals surface area contributed by atoms with Crippen LogP contribution in [0, 0.1) is 6.92 Å². The second-order valence-electron chi connectivity index (χ2n) is 5.11. The molecule has 0 aliphatic carbocycles. The van der Waals surface area contributed by atoms with Crippen LogP contribution in [0.2, 0.25) is 5.02 Å². The molecule has 1 fully saturated rings. The second-order valence-corrected chi connectivity index (χ2v) is 7.17. The average molecular weight is 305 g/mol. The van der Waals surface area contributed by atoms with Crippen LogP contribution >= 0.6 is 11.6 Å². The monoisotopic (exact) mass is 304 g/mol. The van der Waals surface area contributed by atoms with Crippen molar-refractivity contribution < 1.29 is 13.2 Å². The van der Waals surface area contributed by atoms with Crippen molar-refractivity contribution in [2.45, 2.75) is 30.7 Å². The summed E-state index contributed by atoms with van der Waals surface area (Å²) >= 11 is 5.94. The van der Waals surface area contributed by atoms with E-state index in [-0.39, 0.29) is 10.6 Å². The van der Waals surface area contributed by atoms with E-state index in [4.69, 9.17) is 22.1 Å². The third-order valence-electron chi connectivity index (χ3n) is 3.17. The third kappa shape index (κ3) is 3.02. The van der Waals surface area contributed by atoms with Crippen LogP contribution < -0.4 is 10.5 Å². The lowest BCUT2D eigenvalue weighted by Crippen LogP contribution is -2.46. The molecular formula is C12H17ClN2O3S. The van der Waals surface area contributed by atoms with Gasteiger partial charge in [-0.3, -0.25) is 0 Å². The van der Waals surface area contributed by atoms with Crippen molar-refractivity contribution in [1.82, 2.24) is 4.72 Å². The molecular weight excluding hydrogens is 288 g/mol. The normalized spacial score (nSPS) is 23.7. The van der Waals surface area contributed by atoms with Crippen molar-refractivity contribution in [2.75, 3.05) is 18.9 Å². The van der Waals surface area contributed by atoms with E-state index in [1.54, 1.807) is 6.92 Å². The zero-order valence-corrected chi connectivity index (χ0v) is 12.4. The summed E-state index contributed by atoms with van der Waals surface area (Å²) in [7, 11) is -3.63. The Balaban J connectivity index is 2.34. The minimum Gasteiger partial charge on any atom is -0.397 e. The van der Waals surface area contributed by atoms with E-state index < -0.39 is 15.6 Å². The van der Waals surface area contributed by atoms with E-state index in [9.17, 15) is 8.42 Å². The van der Waals surface area contributed by atoms with Crippen molar-refractivity contribution in [3.63, 3.8) is 0 Å². The third-order valence-corrected chi connectivity index (χ3v) is 5.30. The molecule has 1 heterocycles. The molecule has 1 saturated heterocycles. The minimum atomic E-state index is -3.63. The highest BCUT2D eigenvalue weighted by Gasteiger charge is 2.34. The molecule has 0 spiro atoms. The van der Waals surface area contributed by atoms with Gasteiger partial charge in [-0.15, -0.1) is 0 Å². The molecule has 3 N–H and O–H groups in total. The SMILES string of the molecule is Cc1cc(S(=O)(=O)NC2(C)CCOC2)cc(N)c1Cl. The first kappa shape index (κ1) is 14.6. The molecule has 0 bridgehead atoms. The van der Waals surface area contributed by atoms with Crippen molar-refractivity contribution in [2.24, 2.45) is 0 Å². The van der Waals surface area contributed by atoms with Gasteiger partial charge < -0.3 is 10.5 Å². The van der Waals surface area contributed by atoms with E-state index in [1.165, 1.54) is 12.1 Å². The molecule has 0 aromatic heterocycles. The van der Waals surface area contributed by atoms with E-state index in [0.29, 0.717) is 30.2 Å².